The Bertz CT molecular complexity index is 346. The summed E-state index contributed by atoms with van der Waals surface area (Å²) in [4.78, 5) is 15.7. The van der Waals surface area contributed by atoms with Crippen LogP contribution in [0.3, 0.4) is 0 Å². The van der Waals surface area contributed by atoms with Gasteiger partial charge in [-0.25, -0.2) is 10.3 Å². The van der Waals surface area contributed by atoms with E-state index in [-0.39, 0.29) is 0 Å². The highest BCUT2D eigenvalue weighted by Crippen LogP contribution is 2.08. The number of para-hydroxylation sites is 1. The van der Waals surface area contributed by atoms with Gasteiger partial charge in [0.25, 0.3) is 0 Å². The Hall–Kier alpha value is -1.97. The van der Waals surface area contributed by atoms with E-state index in [0.717, 1.165) is 5.70 Å². The zero-order valence-electron chi connectivity index (χ0n) is 8.69. The zero-order chi connectivity index (χ0) is 11.1. The Morgan fingerprint density at radius 1 is 1.33 bits per heavy atom. The molecule has 4 heteroatoms. The number of carbonyl (C=O) groups excluding carboxylic acids is 1. The van der Waals surface area contributed by atoms with E-state index in [4.69, 9.17) is 4.74 Å². The summed E-state index contributed by atoms with van der Waals surface area (Å²) in [6.45, 7) is 3.60. The van der Waals surface area contributed by atoms with E-state index in [9.17, 15) is 4.79 Å². The van der Waals surface area contributed by atoms with E-state index in [1.165, 1.54) is 0 Å². The van der Waals surface area contributed by atoms with Crippen molar-refractivity contribution in [2.24, 2.45) is 0 Å². The molecule has 1 N–H and O–H groups in total. The molecule has 0 atom stereocenters. The van der Waals surface area contributed by atoms with Crippen LogP contribution in [0.15, 0.2) is 42.1 Å². The van der Waals surface area contributed by atoms with Crippen LogP contribution in [0.4, 0.5) is 4.79 Å². The summed E-state index contributed by atoms with van der Waals surface area (Å²) < 4.78 is 4.86. The molecule has 15 heavy (non-hydrogen) atoms. The van der Waals surface area contributed by atoms with Crippen molar-refractivity contribution < 1.29 is 14.4 Å². The Morgan fingerprint density at radius 3 is 2.60 bits per heavy atom. The third-order valence-corrected chi connectivity index (χ3v) is 1.67. The van der Waals surface area contributed by atoms with Crippen molar-refractivity contribution in [1.29, 1.82) is 0 Å². The van der Waals surface area contributed by atoms with E-state index >= 15 is 0 Å². The van der Waals surface area contributed by atoms with Gasteiger partial charge in [0.05, 0.1) is 0 Å². The molecule has 0 radical (unpaired) electrons. The fourth-order valence-corrected chi connectivity index (χ4v) is 0.787. The fraction of sp³-hybridized carbons (Fsp3) is 0.182. The fourth-order valence-electron chi connectivity index (χ4n) is 0.787. The van der Waals surface area contributed by atoms with Crippen molar-refractivity contribution in [1.82, 2.24) is 5.48 Å². The maximum Gasteiger partial charge on any atom is 0.538 e. The highest BCUT2D eigenvalue weighted by Gasteiger charge is 2.04. The first-order chi connectivity index (χ1) is 7.22. The van der Waals surface area contributed by atoms with Crippen LogP contribution in [0.2, 0.25) is 0 Å². The normalized spacial score (nSPS) is 10.7. The lowest BCUT2D eigenvalue weighted by molar-refractivity contribution is 0.0636. The molecule has 0 aliphatic heterocycles. The average Bonchev–Trinajstić information content (AvgIpc) is 2.27. The van der Waals surface area contributed by atoms with Gasteiger partial charge >= 0.3 is 6.16 Å². The lowest BCUT2D eigenvalue weighted by Gasteiger charge is -2.06. The van der Waals surface area contributed by atoms with Crippen molar-refractivity contribution in [2.45, 2.75) is 13.8 Å². The summed E-state index contributed by atoms with van der Waals surface area (Å²) in [5.74, 6) is 0.447. The number of ether oxygens (including phenoxy) is 1. The standard InChI is InChI=1S/C11H13NO3/c1-3-9(2)12-15-11(13)14-10-7-5-4-6-8-10/h3-8,12H,1-2H3. The van der Waals surface area contributed by atoms with Gasteiger partial charge in [0.1, 0.15) is 5.75 Å². The first kappa shape index (κ1) is 11.1. The maximum atomic E-state index is 11.1. The number of nitrogens with one attached hydrogen (secondary N) is 1. The van der Waals surface area contributed by atoms with Gasteiger partial charge < -0.3 is 9.57 Å². The molecule has 1 rings (SSSR count). The summed E-state index contributed by atoms with van der Waals surface area (Å²) in [6, 6.07) is 8.72. The van der Waals surface area contributed by atoms with Crippen LogP contribution in [0.25, 0.3) is 0 Å². The number of hydrogen-bond donors (Lipinski definition) is 1. The number of hydrogen-bond acceptors (Lipinski definition) is 4. The maximum absolute atomic E-state index is 11.1. The summed E-state index contributed by atoms with van der Waals surface area (Å²) in [5.41, 5.74) is 3.17. The van der Waals surface area contributed by atoms with Crippen LogP contribution < -0.4 is 10.2 Å². The number of carbonyl (C=O) groups is 1. The summed E-state index contributed by atoms with van der Waals surface area (Å²) in [5, 5.41) is 0. The molecule has 1 aromatic rings. The lowest BCUT2D eigenvalue weighted by atomic mass is 10.3. The van der Waals surface area contributed by atoms with Crippen LogP contribution in [0.5, 0.6) is 5.75 Å². The quantitative estimate of drug-likeness (QED) is 0.470. The first-order valence-corrected chi connectivity index (χ1v) is 4.55. The molecular formula is C11H13NO3. The second-order valence-corrected chi connectivity index (χ2v) is 2.84. The van der Waals surface area contributed by atoms with Crippen molar-refractivity contribution in [2.75, 3.05) is 0 Å². The predicted octanol–water partition coefficient (Wildman–Crippen LogP) is 2.63. The van der Waals surface area contributed by atoms with Gasteiger partial charge in [-0.1, -0.05) is 24.3 Å². The van der Waals surface area contributed by atoms with Crippen LogP contribution in [0, 0.1) is 0 Å². The molecule has 0 aliphatic carbocycles. The van der Waals surface area contributed by atoms with Crippen molar-refractivity contribution in [3.63, 3.8) is 0 Å². The third-order valence-electron chi connectivity index (χ3n) is 1.67. The van der Waals surface area contributed by atoms with Crippen molar-refractivity contribution in [3.8, 4) is 5.75 Å². The van der Waals surface area contributed by atoms with Gasteiger partial charge in [0, 0.05) is 5.70 Å². The van der Waals surface area contributed by atoms with E-state index < -0.39 is 6.16 Å². The second-order valence-electron chi connectivity index (χ2n) is 2.84. The van der Waals surface area contributed by atoms with Gasteiger partial charge in [-0.2, -0.15) is 0 Å². The van der Waals surface area contributed by atoms with E-state index in [0.29, 0.717) is 5.75 Å². The van der Waals surface area contributed by atoms with Crippen LogP contribution in [-0.2, 0) is 4.84 Å². The smallest absolute Gasteiger partial charge is 0.393 e. The topological polar surface area (TPSA) is 47.6 Å². The number of benzene rings is 1. The van der Waals surface area contributed by atoms with Gasteiger partial charge in [-0.15, -0.1) is 0 Å². The molecule has 0 fully saturated rings. The average molecular weight is 207 g/mol. The highest BCUT2D eigenvalue weighted by molar-refractivity contribution is 5.63. The number of hydroxylamine groups is 1. The Balaban J connectivity index is 2.37. The van der Waals surface area contributed by atoms with Gasteiger partial charge in [0.15, 0.2) is 0 Å². The van der Waals surface area contributed by atoms with Crippen LogP contribution >= 0.6 is 0 Å². The van der Waals surface area contributed by atoms with Gasteiger partial charge in [0.2, 0.25) is 0 Å². The van der Waals surface area contributed by atoms with Gasteiger partial charge in [-0.3, -0.25) is 0 Å². The highest BCUT2D eigenvalue weighted by atomic mass is 16.8. The Kier molecular flexibility index (Phi) is 4.22. The SMILES string of the molecule is CC=C(C)NOC(=O)Oc1ccccc1. The van der Waals surface area contributed by atoms with E-state index in [1.807, 2.05) is 13.0 Å². The molecule has 0 bridgehead atoms. The Labute approximate surface area is 88.5 Å². The second kappa shape index (κ2) is 5.70. The summed E-state index contributed by atoms with van der Waals surface area (Å²) in [6.07, 6.45) is 0.984. The molecule has 0 aromatic heterocycles. The minimum atomic E-state index is -0.789. The number of allylic oxidation sites excluding steroid dienone is 2. The summed E-state index contributed by atoms with van der Waals surface area (Å²) >= 11 is 0. The first-order valence-electron chi connectivity index (χ1n) is 4.55. The molecular weight excluding hydrogens is 194 g/mol. The molecule has 4 nitrogen and oxygen atoms in total. The number of rotatable bonds is 3. The molecule has 0 heterocycles. The molecule has 0 saturated heterocycles. The van der Waals surface area contributed by atoms with Crippen molar-refractivity contribution >= 4 is 6.16 Å². The van der Waals surface area contributed by atoms with Crippen LogP contribution in [0.1, 0.15) is 13.8 Å². The molecule has 0 unspecified atom stereocenters. The van der Waals surface area contributed by atoms with Crippen molar-refractivity contribution in [3.05, 3.63) is 42.1 Å². The van der Waals surface area contributed by atoms with Crippen LogP contribution in [-0.4, -0.2) is 6.16 Å². The monoisotopic (exact) mass is 207 g/mol. The minimum Gasteiger partial charge on any atom is -0.393 e. The molecule has 0 amide bonds. The molecule has 1 aromatic carbocycles. The zero-order valence-corrected chi connectivity index (χ0v) is 8.69. The lowest BCUT2D eigenvalue weighted by Crippen LogP contribution is -2.20. The predicted molar refractivity (Wildman–Crippen MR) is 56.1 cm³/mol. The largest absolute Gasteiger partial charge is 0.538 e. The third kappa shape index (κ3) is 4.17. The molecule has 0 spiro atoms. The minimum absolute atomic E-state index is 0.447. The Morgan fingerprint density at radius 2 is 2.00 bits per heavy atom. The van der Waals surface area contributed by atoms with Gasteiger partial charge in [-0.05, 0) is 26.0 Å². The van der Waals surface area contributed by atoms with E-state index in [1.54, 1.807) is 37.3 Å². The summed E-state index contributed by atoms with van der Waals surface area (Å²) in [7, 11) is 0. The molecule has 80 valence electrons. The van der Waals surface area contributed by atoms with E-state index in [2.05, 4.69) is 10.3 Å². The molecule has 0 saturated carbocycles. The molecule has 0 aliphatic rings.